The average molecular weight is 467 g/mol. The molecule has 0 unspecified atom stereocenters. The maximum absolute atomic E-state index is 12.8. The van der Waals surface area contributed by atoms with Crippen LogP contribution in [0.25, 0.3) is 0 Å². The van der Waals surface area contributed by atoms with Crippen molar-refractivity contribution < 1.29 is 17.9 Å². The average Bonchev–Trinajstić information content (AvgIpc) is 2.81. The number of hydrogen-bond acceptors (Lipinski definition) is 4. The number of para-hydroxylation sites is 2. The Balaban J connectivity index is 1.80. The second kappa shape index (κ2) is 10.5. The molecule has 0 fully saturated rings. The van der Waals surface area contributed by atoms with E-state index >= 15 is 0 Å². The third kappa shape index (κ3) is 5.93. The normalized spacial score (nSPS) is 11.2. The van der Waals surface area contributed by atoms with Gasteiger partial charge in [0.15, 0.2) is 0 Å². The van der Waals surface area contributed by atoms with E-state index < -0.39 is 10.0 Å². The Kier molecular flexibility index (Phi) is 7.76. The first kappa shape index (κ1) is 24.3. The molecule has 0 aromatic heterocycles. The largest absolute Gasteiger partial charge is 0.492 e. The zero-order valence-electron chi connectivity index (χ0n) is 19.5. The van der Waals surface area contributed by atoms with Crippen molar-refractivity contribution in [3.05, 3.63) is 89.0 Å². The Morgan fingerprint density at radius 3 is 2.27 bits per heavy atom. The summed E-state index contributed by atoms with van der Waals surface area (Å²) in [6.45, 7) is 8.17. The Morgan fingerprint density at radius 2 is 1.64 bits per heavy atom. The van der Waals surface area contributed by atoms with Crippen molar-refractivity contribution in [2.45, 2.75) is 34.2 Å². The molecule has 6 nitrogen and oxygen atoms in total. The number of carbonyl (C=O) groups is 1. The van der Waals surface area contributed by atoms with Gasteiger partial charge in [-0.05, 0) is 80.8 Å². The third-order valence-electron chi connectivity index (χ3n) is 5.46. The topological polar surface area (TPSA) is 75.7 Å². The van der Waals surface area contributed by atoms with Crippen molar-refractivity contribution in [2.75, 3.05) is 22.0 Å². The predicted octanol–water partition coefficient (Wildman–Crippen LogP) is 5.31. The van der Waals surface area contributed by atoms with Gasteiger partial charge >= 0.3 is 0 Å². The minimum atomic E-state index is -3.48. The zero-order valence-corrected chi connectivity index (χ0v) is 20.3. The molecule has 0 bridgehead atoms. The number of aryl methyl sites for hydroxylation is 2. The number of anilines is 2. The number of nitrogens with zero attached hydrogens (tertiary/aromatic N) is 1. The fourth-order valence-electron chi connectivity index (χ4n) is 3.36. The molecule has 0 saturated carbocycles. The van der Waals surface area contributed by atoms with Crippen molar-refractivity contribution in [1.82, 2.24) is 0 Å². The molecule has 0 spiro atoms. The van der Waals surface area contributed by atoms with E-state index in [9.17, 15) is 13.2 Å². The minimum Gasteiger partial charge on any atom is -0.492 e. The van der Waals surface area contributed by atoms with Gasteiger partial charge in [-0.1, -0.05) is 30.3 Å². The molecule has 0 aliphatic heterocycles. The lowest BCUT2D eigenvalue weighted by Crippen LogP contribution is -2.32. The van der Waals surface area contributed by atoms with Crippen molar-refractivity contribution in [1.29, 1.82) is 0 Å². The lowest BCUT2D eigenvalue weighted by atomic mass is 10.1. The monoisotopic (exact) mass is 466 g/mol. The fraction of sp³-hybridized carbons (Fsp3) is 0.269. The number of ether oxygens (including phenoxy) is 1. The number of amides is 1. The SMILES string of the molecule is CCOc1ccccc1NC(=O)c1ccc(CN(c2ccc(C)c(C)c2)S(=O)(=O)CC)cc1. The van der Waals surface area contributed by atoms with Crippen LogP contribution in [0.2, 0.25) is 0 Å². The Labute approximate surface area is 196 Å². The van der Waals surface area contributed by atoms with Gasteiger partial charge < -0.3 is 10.1 Å². The molecule has 1 N–H and O–H groups in total. The van der Waals surface area contributed by atoms with Gasteiger partial charge in [0, 0.05) is 5.56 Å². The van der Waals surface area contributed by atoms with E-state index in [1.54, 1.807) is 43.3 Å². The van der Waals surface area contributed by atoms with E-state index in [0.717, 1.165) is 16.7 Å². The number of nitrogens with one attached hydrogen (secondary N) is 1. The number of sulfonamides is 1. The Hall–Kier alpha value is -3.32. The molecule has 7 heteroatoms. The van der Waals surface area contributed by atoms with E-state index in [-0.39, 0.29) is 18.2 Å². The second-order valence-electron chi connectivity index (χ2n) is 7.76. The van der Waals surface area contributed by atoms with Gasteiger partial charge in [0.25, 0.3) is 5.91 Å². The van der Waals surface area contributed by atoms with Gasteiger partial charge in [0.2, 0.25) is 10.0 Å². The lowest BCUT2D eigenvalue weighted by Gasteiger charge is -2.25. The Morgan fingerprint density at radius 1 is 0.939 bits per heavy atom. The first-order valence-corrected chi connectivity index (χ1v) is 12.6. The number of hydrogen-bond donors (Lipinski definition) is 1. The third-order valence-corrected chi connectivity index (χ3v) is 7.20. The van der Waals surface area contributed by atoms with E-state index in [0.29, 0.717) is 29.3 Å². The zero-order chi connectivity index (χ0) is 24.0. The summed E-state index contributed by atoms with van der Waals surface area (Å²) in [7, 11) is -3.48. The molecule has 0 aliphatic carbocycles. The van der Waals surface area contributed by atoms with E-state index in [4.69, 9.17) is 4.74 Å². The van der Waals surface area contributed by atoms with Crippen LogP contribution in [-0.4, -0.2) is 26.7 Å². The minimum absolute atomic E-state index is 0.000344. The van der Waals surface area contributed by atoms with Crippen LogP contribution in [0.5, 0.6) is 5.75 Å². The van der Waals surface area contributed by atoms with Crippen molar-refractivity contribution in [3.8, 4) is 5.75 Å². The second-order valence-corrected chi connectivity index (χ2v) is 9.94. The summed E-state index contributed by atoms with van der Waals surface area (Å²) < 4.78 is 32.6. The van der Waals surface area contributed by atoms with E-state index in [1.807, 2.05) is 51.1 Å². The van der Waals surface area contributed by atoms with Gasteiger partial charge in [-0.2, -0.15) is 0 Å². The van der Waals surface area contributed by atoms with Crippen molar-refractivity contribution in [3.63, 3.8) is 0 Å². The van der Waals surface area contributed by atoms with Gasteiger partial charge in [-0.15, -0.1) is 0 Å². The molecule has 0 atom stereocenters. The Bertz CT molecular complexity index is 1220. The molecule has 0 saturated heterocycles. The fourth-order valence-corrected chi connectivity index (χ4v) is 4.45. The number of rotatable bonds is 9. The standard InChI is InChI=1S/C26H30N2O4S/c1-5-32-25-10-8-7-9-24(25)27-26(29)22-14-12-21(13-15-22)18-28(33(30,31)6-2)23-16-11-19(3)20(4)17-23/h7-17H,5-6,18H2,1-4H3,(H,27,29). The molecule has 1 amide bonds. The lowest BCUT2D eigenvalue weighted by molar-refractivity contribution is 0.102. The summed E-state index contributed by atoms with van der Waals surface area (Å²) in [5.41, 5.74) is 4.63. The van der Waals surface area contributed by atoms with Crippen LogP contribution in [0.1, 0.15) is 40.9 Å². The van der Waals surface area contributed by atoms with Crippen LogP contribution in [0, 0.1) is 13.8 Å². The molecular formula is C26H30N2O4S. The number of benzene rings is 3. The number of carbonyl (C=O) groups excluding carboxylic acids is 1. The summed E-state index contributed by atoms with van der Waals surface area (Å²) in [4.78, 5) is 12.7. The molecule has 0 heterocycles. The van der Waals surface area contributed by atoms with Crippen LogP contribution < -0.4 is 14.4 Å². The van der Waals surface area contributed by atoms with Gasteiger partial charge in [-0.3, -0.25) is 9.10 Å². The van der Waals surface area contributed by atoms with Crippen LogP contribution in [0.15, 0.2) is 66.7 Å². The summed E-state index contributed by atoms with van der Waals surface area (Å²) in [6.07, 6.45) is 0. The molecule has 3 aromatic carbocycles. The first-order valence-electron chi connectivity index (χ1n) is 10.9. The highest BCUT2D eigenvalue weighted by Gasteiger charge is 2.21. The van der Waals surface area contributed by atoms with Gasteiger partial charge in [-0.25, -0.2) is 8.42 Å². The molecule has 33 heavy (non-hydrogen) atoms. The summed E-state index contributed by atoms with van der Waals surface area (Å²) >= 11 is 0. The van der Waals surface area contributed by atoms with Crippen LogP contribution in [-0.2, 0) is 16.6 Å². The maximum atomic E-state index is 12.8. The smallest absolute Gasteiger partial charge is 0.255 e. The predicted molar refractivity (Wildman–Crippen MR) is 134 cm³/mol. The van der Waals surface area contributed by atoms with Gasteiger partial charge in [0.05, 0.1) is 30.3 Å². The quantitative estimate of drug-likeness (QED) is 0.464. The first-order chi connectivity index (χ1) is 15.7. The van der Waals surface area contributed by atoms with Crippen molar-refractivity contribution >= 4 is 27.3 Å². The van der Waals surface area contributed by atoms with E-state index in [2.05, 4.69) is 5.32 Å². The van der Waals surface area contributed by atoms with Crippen molar-refractivity contribution in [2.24, 2.45) is 0 Å². The highest BCUT2D eigenvalue weighted by molar-refractivity contribution is 7.92. The molecular weight excluding hydrogens is 436 g/mol. The highest BCUT2D eigenvalue weighted by Crippen LogP contribution is 2.26. The summed E-state index contributed by atoms with van der Waals surface area (Å²) in [6, 6.07) is 19.9. The van der Waals surface area contributed by atoms with Gasteiger partial charge in [0.1, 0.15) is 5.75 Å². The van der Waals surface area contributed by atoms with E-state index in [1.165, 1.54) is 4.31 Å². The molecule has 0 aliphatic rings. The van der Waals surface area contributed by atoms with Crippen LogP contribution >= 0.6 is 0 Å². The maximum Gasteiger partial charge on any atom is 0.255 e. The molecule has 174 valence electrons. The summed E-state index contributed by atoms with van der Waals surface area (Å²) in [5.74, 6) is 0.347. The molecule has 3 aromatic rings. The van der Waals surface area contributed by atoms with Crippen LogP contribution in [0.3, 0.4) is 0 Å². The van der Waals surface area contributed by atoms with Crippen LogP contribution in [0.4, 0.5) is 11.4 Å². The summed E-state index contributed by atoms with van der Waals surface area (Å²) in [5, 5.41) is 2.87. The highest BCUT2D eigenvalue weighted by atomic mass is 32.2. The molecule has 0 radical (unpaired) electrons. The molecule has 3 rings (SSSR count).